The van der Waals surface area contributed by atoms with E-state index in [9.17, 15) is 8.42 Å². The Balaban J connectivity index is 1.76. The van der Waals surface area contributed by atoms with Gasteiger partial charge in [-0.2, -0.15) is 0 Å². The van der Waals surface area contributed by atoms with E-state index < -0.39 is 10.0 Å². The third kappa shape index (κ3) is 4.71. The van der Waals surface area contributed by atoms with Crippen LogP contribution in [0, 0.1) is 6.92 Å². The van der Waals surface area contributed by atoms with Crippen LogP contribution in [0.2, 0.25) is 0 Å². The van der Waals surface area contributed by atoms with Crippen LogP contribution in [0.5, 0.6) is 11.5 Å². The molecule has 2 heterocycles. The third-order valence-electron chi connectivity index (χ3n) is 4.65. The van der Waals surface area contributed by atoms with Crippen LogP contribution in [-0.4, -0.2) is 45.7 Å². The Morgan fingerprint density at radius 2 is 1.75 bits per heavy atom. The molecule has 0 saturated carbocycles. The molecule has 3 rings (SSSR count). The highest BCUT2D eigenvalue weighted by Crippen LogP contribution is 2.29. The number of piperidine rings is 1. The molecular formula is C19H26N4O4S. The second kappa shape index (κ2) is 8.74. The molecule has 1 aliphatic rings. The summed E-state index contributed by atoms with van der Waals surface area (Å²) in [5.74, 6) is 2.12. The standard InChI is InChI=1S/C19H26N4O4S/c1-14-11-19(23-9-5-4-6-10-23)22-18(21-14)13-20-28(24,25)15-7-8-16(26-2)17(12-15)27-3/h7-8,11-12,20H,4-6,9-10,13H2,1-3H3. The number of hydrogen-bond acceptors (Lipinski definition) is 7. The van der Waals surface area contributed by atoms with Gasteiger partial charge in [-0.1, -0.05) is 0 Å². The fourth-order valence-electron chi connectivity index (χ4n) is 3.20. The first-order valence-corrected chi connectivity index (χ1v) is 10.7. The smallest absolute Gasteiger partial charge is 0.241 e. The Hall–Kier alpha value is -2.39. The minimum absolute atomic E-state index is 0.0131. The number of nitrogens with one attached hydrogen (secondary N) is 1. The molecule has 1 saturated heterocycles. The molecule has 8 nitrogen and oxygen atoms in total. The predicted molar refractivity (Wildman–Crippen MR) is 106 cm³/mol. The van der Waals surface area contributed by atoms with Crippen molar-refractivity contribution in [2.24, 2.45) is 0 Å². The molecule has 1 aromatic heterocycles. The van der Waals surface area contributed by atoms with Crippen molar-refractivity contribution >= 4 is 15.8 Å². The first-order valence-electron chi connectivity index (χ1n) is 9.24. The van der Waals surface area contributed by atoms with Crippen molar-refractivity contribution in [3.05, 3.63) is 35.8 Å². The van der Waals surface area contributed by atoms with E-state index in [1.807, 2.05) is 13.0 Å². The molecule has 9 heteroatoms. The van der Waals surface area contributed by atoms with E-state index in [1.54, 1.807) is 6.07 Å². The van der Waals surface area contributed by atoms with Gasteiger partial charge >= 0.3 is 0 Å². The van der Waals surface area contributed by atoms with Crippen LogP contribution in [0.4, 0.5) is 5.82 Å². The maximum atomic E-state index is 12.7. The van der Waals surface area contributed by atoms with E-state index in [1.165, 1.54) is 32.8 Å². The highest BCUT2D eigenvalue weighted by atomic mass is 32.2. The van der Waals surface area contributed by atoms with Gasteiger partial charge in [-0.3, -0.25) is 0 Å². The van der Waals surface area contributed by atoms with Crippen LogP contribution in [-0.2, 0) is 16.6 Å². The predicted octanol–water partition coefficient (Wildman–Crippen LogP) is 2.27. The summed E-state index contributed by atoms with van der Waals surface area (Å²) >= 11 is 0. The van der Waals surface area contributed by atoms with Crippen molar-refractivity contribution in [2.75, 3.05) is 32.2 Å². The zero-order valence-corrected chi connectivity index (χ0v) is 17.3. The minimum atomic E-state index is -3.75. The lowest BCUT2D eigenvalue weighted by Crippen LogP contribution is -2.31. The number of nitrogens with zero attached hydrogens (tertiary/aromatic N) is 3. The third-order valence-corrected chi connectivity index (χ3v) is 6.05. The largest absolute Gasteiger partial charge is 0.493 e. The Morgan fingerprint density at radius 1 is 1.04 bits per heavy atom. The number of anilines is 1. The van der Waals surface area contributed by atoms with Crippen LogP contribution < -0.4 is 19.1 Å². The van der Waals surface area contributed by atoms with E-state index >= 15 is 0 Å². The van der Waals surface area contributed by atoms with E-state index in [0.717, 1.165) is 37.4 Å². The number of rotatable bonds is 7. The minimum Gasteiger partial charge on any atom is -0.493 e. The Labute approximate surface area is 166 Å². The Morgan fingerprint density at radius 3 is 2.43 bits per heavy atom. The van der Waals surface area contributed by atoms with Crippen LogP contribution in [0.1, 0.15) is 30.8 Å². The molecule has 28 heavy (non-hydrogen) atoms. The van der Waals surface area contributed by atoms with E-state index in [4.69, 9.17) is 9.47 Å². The van der Waals surface area contributed by atoms with Crippen LogP contribution in [0.15, 0.2) is 29.2 Å². The number of methoxy groups -OCH3 is 2. The zero-order valence-electron chi connectivity index (χ0n) is 16.4. The fraction of sp³-hybridized carbons (Fsp3) is 0.474. The van der Waals surface area contributed by atoms with Crippen molar-refractivity contribution in [2.45, 2.75) is 37.6 Å². The molecule has 0 aliphatic carbocycles. The molecule has 0 spiro atoms. The van der Waals surface area contributed by atoms with Gasteiger partial charge in [-0.15, -0.1) is 0 Å². The molecule has 1 aromatic carbocycles. The highest BCUT2D eigenvalue weighted by Gasteiger charge is 2.19. The molecule has 152 valence electrons. The quantitative estimate of drug-likeness (QED) is 0.754. The maximum Gasteiger partial charge on any atom is 0.241 e. The van der Waals surface area contributed by atoms with Gasteiger partial charge in [0.2, 0.25) is 10.0 Å². The second-order valence-electron chi connectivity index (χ2n) is 6.67. The molecule has 0 atom stereocenters. The topological polar surface area (TPSA) is 93.7 Å². The van der Waals surface area contributed by atoms with Gasteiger partial charge < -0.3 is 14.4 Å². The average Bonchev–Trinajstić information content (AvgIpc) is 2.72. The number of aryl methyl sites for hydroxylation is 1. The monoisotopic (exact) mass is 406 g/mol. The van der Waals surface area contributed by atoms with Crippen molar-refractivity contribution < 1.29 is 17.9 Å². The number of aromatic nitrogens is 2. The van der Waals surface area contributed by atoms with Gasteiger partial charge in [0.1, 0.15) is 11.6 Å². The van der Waals surface area contributed by atoms with Crippen molar-refractivity contribution in [3.8, 4) is 11.5 Å². The molecular weight excluding hydrogens is 380 g/mol. The maximum absolute atomic E-state index is 12.7. The number of sulfonamides is 1. The normalized spacial score (nSPS) is 14.8. The van der Waals surface area contributed by atoms with Gasteiger partial charge in [0, 0.05) is 30.9 Å². The lowest BCUT2D eigenvalue weighted by Gasteiger charge is -2.28. The summed E-state index contributed by atoms with van der Waals surface area (Å²) in [6.07, 6.45) is 3.52. The average molecular weight is 407 g/mol. The molecule has 2 aromatic rings. The second-order valence-corrected chi connectivity index (χ2v) is 8.44. The fourth-order valence-corrected chi connectivity index (χ4v) is 4.20. The van der Waals surface area contributed by atoms with Crippen molar-refractivity contribution in [1.82, 2.24) is 14.7 Å². The zero-order chi connectivity index (χ0) is 20.1. The molecule has 0 amide bonds. The molecule has 1 fully saturated rings. The van der Waals surface area contributed by atoms with Crippen molar-refractivity contribution in [1.29, 1.82) is 0 Å². The van der Waals surface area contributed by atoms with Gasteiger partial charge in [-0.05, 0) is 38.3 Å². The van der Waals surface area contributed by atoms with Crippen LogP contribution in [0.3, 0.4) is 0 Å². The molecule has 1 N–H and O–H groups in total. The summed E-state index contributed by atoms with van der Waals surface area (Å²) in [6.45, 7) is 3.83. The lowest BCUT2D eigenvalue weighted by atomic mass is 10.1. The van der Waals surface area contributed by atoms with E-state index in [-0.39, 0.29) is 11.4 Å². The highest BCUT2D eigenvalue weighted by molar-refractivity contribution is 7.89. The summed E-state index contributed by atoms with van der Waals surface area (Å²) < 4.78 is 38.3. The SMILES string of the molecule is COc1ccc(S(=O)(=O)NCc2nc(C)cc(N3CCCCC3)n2)cc1OC. The summed E-state index contributed by atoms with van der Waals surface area (Å²) in [5.41, 5.74) is 0.816. The lowest BCUT2D eigenvalue weighted by molar-refractivity contribution is 0.354. The Bertz CT molecular complexity index is 928. The number of hydrogen-bond donors (Lipinski definition) is 1. The van der Waals surface area contributed by atoms with Gasteiger partial charge in [0.05, 0.1) is 25.7 Å². The van der Waals surface area contributed by atoms with Gasteiger partial charge in [0.15, 0.2) is 11.5 Å². The first-order chi connectivity index (χ1) is 13.4. The van der Waals surface area contributed by atoms with Crippen LogP contribution >= 0.6 is 0 Å². The van der Waals surface area contributed by atoms with Crippen LogP contribution in [0.25, 0.3) is 0 Å². The van der Waals surface area contributed by atoms with E-state index in [0.29, 0.717) is 17.3 Å². The summed E-state index contributed by atoms with van der Waals surface area (Å²) in [7, 11) is -0.784. The number of benzene rings is 1. The van der Waals surface area contributed by atoms with Crippen molar-refractivity contribution in [3.63, 3.8) is 0 Å². The number of ether oxygens (including phenoxy) is 2. The molecule has 0 bridgehead atoms. The molecule has 0 unspecified atom stereocenters. The summed E-state index contributed by atoms with van der Waals surface area (Å²) in [5, 5.41) is 0. The first kappa shape index (κ1) is 20.3. The molecule has 0 radical (unpaired) electrons. The van der Waals surface area contributed by atoms with Gasteiger partial charge in [-0.25, -0.2) is 23.1 Å². The Kier molecular flexibility index (Phi) is 6.35. The molecule has 1 aliphatic heterocycles. The summed E-state index contributed by atoms with van der Waals surface area (Å²) in [4.78, 5) is 11.3. The van der Waals surface area contributed by atoms with E-state index in [2.05, 4.69) is 19.6 Å². The van der Waals surface area contributed by atoms with Gasteiger partial charge in [0.25, 0.3) is 0 Å². The summed E-state index contributed by atoms with van der Waals surface area (Å²) in [6, 6.07) is 6.40.